The molecule has 3 heterocycles. The summed E-state index contributed by atoms with van der Waals surface area (Å²) in [5, 5.41) is 5.00. The lowest BCUT2D eigenvalue weighted by Crippen LogP contribution is -2.47. The first kappa shape index (κ1) is 33.9. The van der Waals surface area contributed by atoms with E-state index >= 15 is 0 Å². The van der Waals surface area contributed by atoms with Crippen LogP contribution in [-0.4, -0.2) is 59.1 Å². The molecule has 0 saturated carbocycles. The molecular formula is C38H41N5O5S. The largest absolute Gasteiger partial charge is 0.444 e. The van der Waals surface area contributed by atoms with Crippen LogP contribution in [0.2, 0.25) is 0 Å². The van der Waals surface area contributed by atoms with Crippen LogP contribution in [0.4, 0.5) is 10.7 Å². The minimum Gasteiger partial charge on any atom is -0.444 e. The molecule has 49 heavy (non-hydrogen) atoms. The summed E-state index contributed by atoms with van der Waals surface area (Å²) in [4.78, 5) is 28.2. The third-order valence-corrected chi connectivity index (χ3v) is 9.70. The highest BCUT2D eigenvalue weighted by atomic mass is 32.2. The Bertz CT molecular complexity index is 2060. The van der Waals surface area contributed by atoms with Gasteiger partial charge >= 0.3 is 6.09 Å². The summed E-state index contributed by atoms with van der Waals surface area (Å²) in [7, 11) is -3.44. The molecule has 254 valence electrons. The number of rotatable bonds is 9. The zero-order valence-corrected chi connectivity index (χ0v) is 29.0. The van der Waals surface area contributed by atoms with E-state index in [-0.39, 0.29) is 23.6 Å². The second kappa shape index (κ2) is 14.2. The van der Waals surface area contributed by atoms with E-state index < -0.39 is 15.4 Å². The summed E-state index contributed by atoms with van der Waals surface area (Å²) in [5.74, 6) is 1.27. The van der Waals surface area contributed by atoms with E-state index in [1.165, 1.54) is 0 Å². The zero-order valence-electron chi connectivity index (χ0n) is 28.2. The highest BCUT2D eigenvalue weighted by molar-refractivity contribution is 7.89. The normalized spacial score (nSPS) is 15.2. The number of nitrogens with zero attached hydrogens (tertiary/aromatic N) is 4. The van der Waals surface area contributed by atoms with Crippen molar-refractivity contribution in [3.8, 4) is 22.9 Å². The van der Waals surface area contributed by atoms with E-state index in [2.05, 4.69) is 15.3 Å². The maximum atomic E-state index is 13.3. The lowest BCUT2D eigenvalue weighted by atomic mass is 10.0. The number of sulfone groups is 1. The van der Waals surface area contributed by atoms with Gasteiger partial charge in [0.2, 0.25) is 11.8 Å². The Morgan fingerprint density at radius 2 is 1.69 bits per heavy atom. The van der Waals surface area contributed by atoms with Gasteiger partial charge in [0.25, 0.3) is 0 Å². The Labute approximate surface area is 287 Å². The summed E-state index contributed by atoms with van der Waals surface area (Å²) >= 11 is 0. The van der Waals surface area contributed by atoms with Gasteiger partial charge in [0.15, 0.2) is 9.84 Å². The second-order valence-corrected chi connectivity index (χ2v) is 15.4. The molecule has 1 aliphatic rings. The SMILES string of the molecule is Cc1cc(CS(=O)(=O)Cc2ccccc2)c2ccccc2c1Oc1ncccc1-c1ccnc(N[C@H]2CCCN(C(=O)OC(C)(C)C)C2)n1. The van der Waals surface area contributed by atoms with E-state index in [0.717, 1.165) is 40.3 Å². The minimum absolute atomic E-state index is 0.0325. The van der Waals surface area contributed by atoms with Crippen molar-refractivity contribution in [2.75, 3.05) is 18.4 Å². The van der Waals surface area contributed by atoms with Gasteiger partial charge in [-0.1, -0.05) is 60.7 Å². The molecule has 5 aromatic rings. The summed E-state index contributed by atoms with van der Waals surface area (Å²) < 4.78 is 38.7. The van der Waals surface area contributed by atoms with Gasteiger partial charge in [-0.05, 0) is 80.8 Å². The number of amides is 1. The van der Waals surface area contributed by atoms with Crippen molar-refractivity contribution in [2.24, 2.45) is 0 Å². The Kier molecular flexibility index (Phi) is 9.82. The maximum Gasteiger partial charge on any atom is 0.410 e. The van der Waals surface area contributed by atoms with E-state index in [1.807, 2.05) is 100 Å². The molecule has 11 heteroatoms. The highest BCUT2D eigenvalue weighted by Gasteiger charge is 2.28. The minimum atomic E-state index is -3.44. The summed E-state index contributed by atoms with van der Waals surface area (Å²) in [6.45, 7) is 8.62. The molecule has 1 N–H and O–H groups in total. The van der Waals surface area contributed by atoms with E-state index in [0.29, 0.717) is 41.9 Å². The third-order valence-electron chi connectivity index (χ3n) is 8.18. The predicted molar refractivity (Wildman–Crippen MR) is 191 cm³/mol. The fraction of sp³-hybridized carbons (Fsp3) is 0.316. The number of fused-ring (bicyclic) bond motifs is 1. The number of nitrogens with one attached hydrogen (secondary N) is 1. The molecule has 1 saturated heterocycles. The second-order valence-electron chi connectivity index (χ2n) is 13.4. The number of piperidine rings is 1. The highest BCUT2D eigenvalue weighted by Crippen LogP contribution is 2.38. The van der Waals surface area contributed by atoms with Crippen molar-refractivity contribution in [3.63, 3.8) is 0 Å². The van der Waals surface area contributed by atoms with Crippen molar-refractivity contribution in [2.45, 2.75) is 63.7 Å². The molecule has 6 rings (SSSR count). The number of ether oxygens (including phenoxy) is 2. The monoisotopic (exact) mass is 679 g/mol. The molecule has 1 fully saturated rings. The van der Waals surface area contributed by atoms with Crippen LogP contribution < -0.4 is 10.1 Å². The number of pyridine rings is 1. The van der Waals surface area contributed by atoms with Crippen LogP contribution in [-0.2, 0) is 26.1 Å². The van der Waals surface area contributed by atoms with Crippen LogP contribution in [0.5, 0.6) is 11.6 Å². The fourth-order valence-electron chi connectivity index (χ4n) is 6.06. The van der Waals surface area contributed by atoms with Gasteiger partial charge in [-0.2, -0.15) is 0 Å². The molecule has 0 spiro atoms. The van der Waals surface area contributed by atoms with Gasteiger partial charge in [-0.15, -0.1) is 0 Å². The van der Waals surface area contributed by atoms with Crippen molar-refractivity contribution in [1.29, 1.82) is 0 Å². The number of aryl methyl sites for hydroxylation is 1. The number of carbonyl (C=O) groups excluding carboxylic acids is 1. The van der Waals surface area contributed by atoms with Crippen LogP contribution in [0.25, 0.3) is 22.0 Å². The quantitative estimate of drug-likeness (QED) is 0.167. The third kappa shape index (κ3) is 8.53. The molecule has 2 aromatic heterocycles. The number of anilines is 1. The van der Waals surface area contributed by atoms with Crippen LogP contribution in [0.15, 0.2) is 91.3 Å². The zero-order chi connectivity index (χ0) is 34.6. The maximum absolute atomic E-state index is 13.3. The van der Waals surface area contributed by atoms with E-state index in [1.54, 1.807) is 23.4 Å². The van der Waals surface area contributed by atoms with Crippen LogP contribution >= 0.6 is 0 Å². The Morgan fingerprint density at radius 1 is 0.939 bits per heavy atom. The topological polar surface area (TPSA) is 124 Å². The molecular weight excluding hydrogens is 639 g/mol. The molecule has 3 aromatic carbocycles. The smallest absolute Gasteiger partial charge is 0.410 e. The Morgan fingerprint density at radius 3 is 2.47 bits per heavy atom. The Hall–Kier alpha value is -5.03. The number of hydrogen-bond acceptors (Lipinski definition) is 9. The van der Waals surface area contributed by atoms with Crippen LogP contribution in [0.3, 0.4) is 0 Å². The number of carbonyl (C=O) groups is 1. The van der Waals surface area contributed by atoms with Gasteiger partial charge < -0.3 is 19.7 Å². The molecule has 1 amide bonds. The predicted octanol–water partition coefficient (Wildman–Crippen LogP) is 7.72. The number of benzene rings is 3. The Balaban J connectivity index is 1.24. The van der Waals surface area contributed by atoms with Gasteiger partial charge in [-0.25, -0.2) is 28.2 Å². The average Bonchev–Trinajstić information content (AvgIpc) is 3.06. The van der Waals surface area contributed by atoms with Crippen molar-refractivity contribution >= 4 is 32.7 Å². The first-order valence-corrected chi connectivity index (χ1v) is 18.2. The van der Waals surface area contributed by atoms with Crippen molar-refractivity contribution < 1.29 is 22.7 Å². The van der Waals surface area contributed by atoms with Gasteiger partial charge in [0.05, 0.1) is 22.8 Å². The van der Waals surface area contributed by atoms with Gasteiger partial charge in [-0.3, -0.25) is 0 Å². The molecule has 0 aliphatic carbocycles. The van der Waals surface area contributed by atoms with Crippen LogP contribution in [0, 0.1) is 6.92 Å². The first-order chi connectivity index (χ1) is 23.4. The fourth-order valence-corrected chi connectivity index (χ4v) is 7.58. The summed E-state index contributed by atoms with van der Waals surface area (Å²) in [5.41, 5.74) is 3.00. The van der Waals surface area contributed by atoms with E-state index in [9.17, 15) is 13.2 Å². The molecule has 1 atom stereocenters. The first-order valence-electron chi connectivity index (χ1n) is 16.4. The number of hydrogen-bond donors (Lipinski definition) is 1. The van der Waals surface area contributed by atoms with Crippen molar-refractivity contribution in [1.82, 2.24) is 19.9 Å². The van der Waals surface area contributed by atoms with Gasteiger partial charge in [0.1, 0.15) is 11.4 Å². The lowest BCUT2D eigenvalue weighted by Gasteiger charge is -2.34. The molecule has 0 bridgehead atoms. The van der Waals surface area contributed by atoms with Crippen LogP contribution in [0.1, 0.15) is 50.3 Å². The van der Waals surface area contributed by atoms with Gasteiger partial charge in [0, 0.05) is 36.9 Å². The molecule has 10 nitrogen and oxygen atoms in total. The molecule has 0 radical (unpaired) electrons. The summed E-state index contributed by atoms with van der Waals surface area (Å²) in [6, 6.07) is 24.3. The van der Waals surface area contributed by atoms with E-state index in [4.69, 9.17) is 14.5 Å². The van der Waals surface area contributed by atoms with Crippen molar-refractivity contribution in [3.05, 3.63) is 108 Å². The molecule has 0 unspecified atom stereocenters. The average molecular weight is 680 g/mol. The lowest BCUT2D eigenvalue weighted by molar-refractivity contribution is 0.0206. The molecule has 1 aliphatic heterocycles. The summed E-state index contributed by atoms with van der Waals surface area (Å²) in [6.07, 6.45) is 4.72. The number of aromatic nitrogens is 3. The standard InChI is InChI=1S/C38H41N5O5S/c1-26-22-28(25-49(45,46)24-27-12-6-5-7-13-27)30-15-8-9-16-31(30)34(26)47-35-32(17-10-19-39-35)33-18-20-40-36(42-33)41-29-14-11-21-43(23-29)37(44)48-38(2,3)4/h5-10,12-13,15-20,22,29H,11,14,21,23-25H2,1-4H3,(H,40,41,42)/t29-/m0/s1. The number of likely N-dealkylation sites (tertiary alicyclic amines) is 1.